The van der Waals surface area contributed by atoms with Crippen LogP contribution in [0.5, 0.6) is 0 Å². The van der Waals surface area contributed by atoms with Crippen molar-refractivity contribution in [2.24, 2.45) is 0 Å². The van der Waals surface area contributed by atoms with Crippen molar-refractivity contribution in [1.82, 2.24) is 10.2 Å². The van der Waals surface area contributed by atoms with E-state index >= 15 is 0 Å². The van der Waals surface area contributed by atoms with E-state index in [1.165, 1.54) is 6.07 Å². The fraction of sp³-hybridized carbons (Fsp3) is 0.273. The Hall–Kier alpha value is -1.91. The van der Waals surface area contributed by atoms with E-state index in [9.17, 15) is 4.39 Å². The van der Waals surface area contributed by atoms with Gasteiger partial charge in [-0.25, -0.2) is 4.39 Å². The first-order valence-corrected chi connectivity index (χ1v) is 4.94. The van der Waals surface area contributed by atoms with Crippen LogP contribution >= 0.6 is 0 Å². The van der Waals surface area contributed by atoms with Crippen molar-refractivity contribution in [3.63, 3.8) is 0 Å². The molecule has 16 heavy (non-hydrogen) atoms. The zero-order chi connectivity index (χ0) is 11.5. The van der Waals surface area contributed by atoms with Crippen LogP contribution in [0.4, 0.5) is 10.1 Å². The molecule has 0 saturated carbocycles. The number of benzene rings is 1. The van der Waals surface area contributed by atoms with Crippen LogP contribution in [0.1, 0.15) is 17.3 Å². The summed E-state index contributed by atoms with van der Waals surface area (Å²) in [6.45, 7) is 3.84. The van der Waals surface area contributed by atoms with Gasteiger partial charge in [-0.1, -0.05) is 6.07 Å². The Morgan fingerprint density at radius 2 is 2.12 bits per heavy atom. The van der Waals surface area contributed by atoms with E-state index in [0.29, 0.717) is 29.6 Å². The number of anilines is 1. The van der Waals surface area contributed by atoms with Crippen LogP contribution in [0.15, 0.2) is 22.6 Å². The molecule has 2 aromatic rings. The SMILES string of the molecule is Cc1nnc(CNc2ccc(C)c(F)c2)o1. The van der Waals surface area contributed by atoms with Gasteiger partial charge in [-0.2, -0.15) is 0 Å². The highest BCUT2D eigenvalue weighted by Crippen LogP contribution is 2.14. The van der Waals surface area contributed by atoms with Gasteiger partial charge in [0.25, 0.3) is 0 Å². The molecule has 4 nitrogen and oxygen atoms in total. The van der Waals surface area contributed by atoms with Crippen LogP contribution in [0, 0.1) is 19.7 Å². The Morgan fingerprint density at radius 1 is 1.31 bits per heavy atom. The third kappa shape index (κ3) is 2.36. The van der Waals surface area contributed by atoms with Crippen molar-refractivity contribution < 1.29 is 8.81 Å². The van der Waals surface area contributed by atoms with E-state index in [4.69, 9.17) is 4.42 Å². The van der Waals surface area contributed by atoms with Crippen LogP contribution in [0.3, 0.4) is 0 Å². The molecule has 5 heteroatoms. The molecule has 1 heterocycles. The molecule has 1 aromatic carbocycles. The maximum Gasteiger partial charge on any atom is 0.235 e. The average molecular weight is 221 g/mol. The number of nitrogens with one attached hydrogen (secondary N) is 1. The minimum Gasteiger partial charge on any atom is -0.424 e. The van der Waals surface area contributed by atoms with Gasteiger partial charge in [0, 0.05) is 12.6 Å². The van der Waals surface area contributed by atoms with Crippen molar-refractivity contribution in [2.75, 3.05) is 5.32 Å². The van der Waals surface area contributed by atoms with Gasteiger partial charge in [0.05, 0.1) is 6.54 Å². The predicted octanol–water partition coefficient (Wildman–Crippen LogP) is 2.44. The molecular weight excluding hydrogens is 209 g/mol. The molecule has 1 N–H and O–H groups in total. The van der Waals surface area contributed by atoms with Crippen LogP contribution in [0.25, 0.3) is 0 Å². The number of hydrogen-bond acceptors (Lipinski definition) is 4. The molecule has 0 aliphatic heterocycles. The van der Waals surface area contributed by atoms with Gasteiger partial charge in [0.1, 0.15) is 5.82 Å². The molecule has 0 amide bonds. The summed E-state index contributed by atoms with van der Waals surface area (Å²) in [6, 6.07) is 4.97. The largest absolute Gasteiger partial charge is 0.424 e. The predicted molar refractivity (Wildman–Crippen MR) is 57.5 cm³/mol. The van der Waals surface area contributed by atoms with Crippen molar-refractivity contribution in [1.29, 1.82) is 0 Å². The second-order valence-electron chi connectivity index (χ2n) is 3.53. The molecule has 0 saturated heterocycles. The maximum atomic E-state index is 13.2. The Balaban J connectivity index is 2.02. The molecule has 0 fully saturated rings. The van der Waals surface area contributed by atoms with Gasteiger partial charge in [-0.15, -0.1) is 10.2 Å². The Morgan fingerprint density at radius 3 is 2.75 bits per heavy atom. The highest BCUT2D eigenvalue weighted by atomic mass is 19.1. The van der Waals surface area contributed by atoms with Gasteiger partial charge < -0.3 is 9.73 Å². The highest BCUT2D eigenvalue weighted by Gasteiger charge is 2.03. The Bertz CT molecular complexity index is 496. The van der Waals surface area contributed by atoms with E-state index in [2.05, 4.69) is 15.5 Å². The van der Waals surface area contributed by atoms with Gasteiger partial charge in [0.15, 0.2) is 0 Å². The quantitative estimate of drug-likeness (QED) is 0.864. The molecule has 0 unspecified atom stereocenters. The van der Waals surface area contributed by atoms with Crippen LogP contribution in [0.2, 0.25) is 0 Å². The van der Waals surface area contributed by atoms with E-state index < -0.39 is 0 Å². The van der Waals surface area contributed by atoms with E-state index in [-0.39, 0.29) is 5.82 Å². The average Bonchev–Trinajstić information content (AvgIpc) is 2.66. The molecule has 0 radical (unpaired) electrons. The molecule has 0 spiro atoms. The monoisotopic (exact) mass is 221 g/mol. The topological polar surface area (TPSA) is 51.0 Å². The van der Waals surface area contributed by atoms with E-state index in [0.717, 1.165) is 0 Å². The summed E-state index contributed by atoms with van der Waals surface area (Å²) in [5.41, 5.74) is 1.32. The first-order valence-electron chi connectivity index (χ1n) is 4.94. The van der Waals surface area contributed by atoms with Gasteiger partial charge in [0.2, 0.25) is 11.8 Å². The fourth-order valence-corrected chi connectivity index (χ4v) is 1.29. The molecule has 84 valence electrons. The van der Waals surface area contributed by atoms with Gasteiger partial charge in [-0.3, -0.25) is 0 Å². The first-order chi connectivity index (χ1) is 7.65. The lowest BCUT2D eigenvalue weighted by Crippen LogP contribution is -2.00. The van der Waals surface area contributed by atoms with Crippen LogP contribution in [-0.2, 0) is 6.54 Å². The number of nitrogens with zero attached hydrogens (tertiary/aromatic N) is 2. The lowest BCUT2D eigenvalue weighted by Gasteiger charge is -2.04. The summed E-state index contributed by atoms with van der Waals surface area (Å²) < 4.78 is 18.4. The summed E-state index contributed by atoms with van der Waals surface area (Å²) in [5.74, 6) is 0.775. The Kier molecular flexibility index (Phi) is 2.85. The molecule has 0 aliphatic rings. The zero-order valence-electron chi connectivity index (χ0n) is 9.12. The number of aryl methyl sites for hydroxylation is 2. The summed E-state index contributed by atoms with van der Waals surface area (Å²) in [7, 11) is 0. The fourth-order valence-electron chi connectivity index (χ4n) is 1.29. The second-order valence-corrected chi connectivity index (χ2v) is 3.53. The molecular formula is C11H12FN3O. The van der Waals surface area contributed by atoms with Crippen molar-refractivity contribution in [3.8, 4) is 0 Å². The van der Waals surface area contributed by atoms with E-state index in [1.807, 2.05) is 6.07 Å². The standard InChI is InChI=1S/C11H12FN3O/c1-7-3-4-9(5-10(7)12)13-6-11-15-14-8(2)16-11/h3-5,13H,6H2,1-2H3. The molecule has 0 bridgehead atoms. The van der Waals surface area contributed by atoms with Crippen molar-refractivity contribution in [3.05, 3.63) is 41.4 Å². The summed E-state index contributed by atoms with van der Waals surface area (Å²) >= 11 is 0. The van der Waals surface area contributed by atoms with Crippen molar-refractivity contribution >= 4 is 5.69 Å². The van der Waals surface area contributed by atoms with Gasteiger partial charge in [-0.05, 0) is 24.6 Å². The summed E-state index contributed by atoms with van der Waals surface area (Å²) in [6.07, 6.45) is 0. The van der Waals surface area contributed by atoms with Crippen molar-refractivity contribution in [2.45, 2.75) is 20.4 Å². The number of rotatable bonds is 3. The number of aromatic nitrogens is 2. The molecule has 2 rings (SSSR count). The zero-order valence-corrected chi connectivity index (χ0v) is 9.12. The van der Waals surface area contributed by atoms with Crippen LogP contribution in [-0.4, -0.2) is 10.2 Å². The molecule has 0 atom stereocenters. The van der Waals surface area contributed by atoms with Gasteiger partial charge >= 0.3 is 0 Å². The Labute approximate surface area is 92.5 Å². The summed E-state index contributed by atoms with van der Waals surface area (Å²) in [5, 5.41) is 10.5. The highest BCUT2D eigenvalue weighted by molar-refractivity contribution is 5.44. The lowest BCUT2D eigenvalue weighted by atomic mass is 10.2. The maximum absolute atomic E-state index is 13.2. The molecule has 1 aromatic heterocycles. The number of halogens is 1. The molecule has 0 aliphatic carbocycles. The normalized spacial score (nSPS) is 10.4. The first kappa shape index (κ1) is 10.6. The number of hydrogen-bond donors (Lipinski definition) is 1. The smallest absolute Gasteiger partial charge is 0.235 e. The van der Waals surface area contributed by atoms with E-state index in [1.54, 1.807) is 19.9 Å². The minimum absolute atomic E-state index is 0.230. The van der Waals surface area contributed by atoms with Crippen LogP contribution < -0.4 is 5.32 Å². The second kappa shape index (κ2) is 4.30. The minimum atomic E-state index is -0.230. The summed E-state index contributed by atoms with van der Waals surface area (Å²) in [4.78, 5) is 0. The third-order valence-electron chi connectivity index (χ3n) is 2.18. The lowest BCUT2D eigenvalue weighted by molar-refractivity contribution is 0.474. The third-order valence-corrected chi connectivity index (χ3v) is 2.18.